The number of carbonyl (C=O) groups excluding carboxylic acids is 1. The second kappa shape index (κ2) is 7.25. The van der Waals surface area contributed by atoms with Crippen LogP contribution in [0.4, 0.5) is 0 Å². The van der Waals surface area contributed by atoms with E-state index in [4.69, 9.17) is 14.9 Å². The summed E-state index contributed by atoms with van der Waals surface area (Å²) in [5.74, 6) is -3.34. The van der Waals surface area contributed by atoms with Crippen LogP contribution in [0.2, 0.25) is 0 Å². The van der Waals surface area contributed by atoms with Gasteiger partial charge in [0.1, 0.15) is 6.04 Å². The van der Waals surface area contributed by atoms with Gasteiger partial charge in [0.15, 0.2) is 0 Å². The summed E-state index contributed by atoms with van der Waals surface area (Å²) >= 11 is 0. The predicted octanol–water partition coefficient (Wildman–Crippen LogP) is 0.491. The first-order valence-electron chi connectivity index (χ1n) is 5.77. The molecule has 0 bridgehead atoms. The molecule has 0 saturated carbocycles. The molecule has 1 rings (SSSR count). The molecule has 0 aliphatic heterocycles. The van der Waals surface area contributed by atoms with Crippen LogP contribution >= 0.6 is 0 Å². The summed E-state index contributed by atoms with van der Waals surface area (Å²) in [5, 5.41) is 19.6. The smallest absolute Gasteiger partial charge is 0.326 e. The zero-order valence-corrected chi connectivity index (χ0v) is 10.8. The molecule has 1 aromatic carbocycles. The van der Waals surface area contributed by atoms with Crippen molar-refractivity contribution < 1.29 is 29.3 Å². The second-order valence-corrected chi connectivity index (χ2v) is 4.10. The van der Waals surface area contributed by atoms with Crippen LogP contribution in [0, 0.1) is 0 Å². The SMILES string of the molecule is COCc1cccc(C(=O)N[C@H](CC(=O)O)C(=O)O)c1. The normalized spacial score (nSPS) is 11.7. The molecular formula is C13H15NO6. The number of carboxylic acid groups (broad SMARTS) is 2. The van der Waals surface area contributed by atoms with Crippen LogP contribution in [0.15, 0.2) is 24.3 Å². The van der Waals surface area contributed by atoms with E-state index in [1.54, 1.807) is 18.2 Å². The standard InChI is InChI=1S/C13H15NO6/c1-20-7-8-3-2-4-9(5-8)12(17)14-10(13(18)19)6-11(15)16/h2-5,10H,6-7H2,1H3,(H,14,17)(H,15,16)(H,18,19)/t10-/m1/s1. The van der Waals surface area contributed by atoms with E-state index < -0.39 is 30.3 Å². The molecule has 0 aliphatic carbocycles. The molecule has 7 nitrogen and oxygen atoms in total. The van der Waals surface area contributed by atoms with Crippen molar-refractivity contribution in [2.24, 2.45) is 0 Å². The van der Waals surface area contributed by atoms with Gasteiger partial charge >= 0.3 is 11.9 Å². The van der Waals surface area contributed by atoms with Crippen molar-refractivity contribution in [1.29, 1.82) is 0 Å². The Balaban J connectivity index is 2.80. The number of methoxy groups -OCH3 is 1. The molecule has 20 heavy (non-hydrogen) atoms. The number of nitrogens with one attached hydrogen (secondary N) is 1. The number of ether oxygens (including phenoxy) is 1. The van der Waals surface area contributed by atoms with E-state index in [1.807, 2.05) is 0 Å². The number of amides is 1. The summed E-state index contributed by atoms with van der Waals surface area (Å²) in [4.78, 5) is 33.3. The number of carbonyl (C=O) groups is 3. The van der Waals surface area contributed by atoms with Crippen LogP contribution in [0.1, 0.15) is 22.3 Å². The molecule has 1 aromatic rings. The average Bonchev–Trinajstić information content (AvgIpc) is 2.38. The Hall–Kier alpha value is -2.41. The van der Waals surface area contributed by atoms with Gasteiger partial charge in [0.05, 0.1) is 13.0 Å². The summed E-state index contributed by atoms with van der Waals surface area (Å²) < 4.78 is 4.93. The first kappa shape index (κ1) is 15.6. The molecule has 108 valence electrons. The minimum Gasteiger partial charge on any atom is -0.481 e. The molecule has 0 spiro atoms. The van der Waals surface area contributed by atoms with Crippen LogP contribution < -0.4 is 5.32 Å². The maximum Gasteiger partial charge on any atom is 0.326 e. The number of carboxylic acids is 2. The summed E-state index contributed by atoms with van der Waals surface area (Å²) in [6.07, 6.45) is -0.682. The third kappa shape index (κ3) is 4.69. The largest absolute Gasteiger partial charge is 0.481 e. The fourth-order valence-electron chi connectivity index (χ4n) is 1.59. The topological polar surface area (TPSA) is 113 Å². The van der Waals surface area contributed by atoms with E-state index >= 15 is 0 Å². The van der Waals surface area contributed by atoms with Gasteiger partial charge in [-0.2, -0.15) is 0 Å². The summed E-state index contributed by atoms with van der Waals surface area (Å²) in [5.41, 5.74) is 1.00. The summed E-state index contributed by atoms with van der Waals surface area (Å²) in [6, 6.07) is 4.99. The Labute approximate surface area is 115 Å². The number of benzene rings is 1. The van der Waals surface area contributed by atoms with Crippen LogP contribution in [0.25, 0.3) is 0 Å². The minimum atomic E-state index is -1.47. The van der Waals surface area contributed by atoms with Crippen molar-refractivity contribution in [3.05, 3.63) is 35.4 Å². The fourth-order valence-corrected chi connectivity index (χ4v) is 1.59. The molecule has 0 unspecified atom stereocenters. The first-order valence-corrected chi connectivity index (χ1v) is 5.77. The lowest BCUT2D eigenvalue weighted by atomic mass is 10.1. The average molecular weight is 281 g/mol. The lowest BCUT2D eigenvalue weighted by molar-refractivity contribution is -0.145. The molecule has 1 amide bonds. The Kier molecular flexibility index (Phi) is 5.67. The Morgan fingerprint density at radius 1 is 1.30 bits per heavy atom. The van der Waals surface area contributed by atoms with E-state index in [-0.39, 0.29) is 5.56 Å². The van der Waals surface area contributed by atoms with E-state index in [2.05, 4.69) is 5.32 Å². The molecule has 1 atom stereocenters. The Morgan fingerprint density at radius 2 is 2.00 bits per heavy atom. The number of aliphatic carboxylic acids is 2. The molecule has 0 aliphatic rings. The van der Waals surface area contributed by atoms with Crippen molar-refractivity contribution in [3.8, 4) is 0 Å². The summed E-state index contributed by atoms with van der Waals surface area (Å²) in [6.45, 7) is 0.318. The predicted molar refractivity (Wildman–Crippen MR) is 68.3 cm³/mol. The van der Waals surface area contributed by atoms with Crippen LogP contribution in [-0.2, 0) is 20.9 Å². The zero-order chi connectivity index (χ0) is 15.1. The van der Waals surface area contributed by atoms with Crippen LogP contribution in [0.5, 0.6) is 0 Å². The van der Waals surface area contributed by atoms with Gasteiger partial charge in [-0.1, -0.05) is 12.1 Å². The van der Waals surface area contributed by atoms with Gasteiger partial charge in [-0.05, 0) is 17.7 Å². The third-order valence-corrected chi connectivity index (χ3v) is 2.48. The van der Waals surface area contributed by atoms with Gasteiger partial charge < -0.3 is 20.3 Å². The van der Waals surface area contributed by atoms with Gasteiger partial charge in [-0.3, -0.25) is 9.59 Å². The van der Waals surface area contributed by atoms with Crippen molar-refractivity contribution in [1.82, 2.24) is 5.32 Å². The lowest BCUT2D eigenvalue weighted by Gasteiger charge is -2.12. The van der Waals surface area contributed by atoms with Gasteiger partial charge in [-0.25, -0.2) is 4.79 Å². The third-order valence-electron chi connectivity index (χ3n) is 2.48. The highest BCUT2D eigenvalue weighted by Gasteiger charge is 2.23. The number of rotatable bonds is 7. The highest BCUT2D eigenvalue weighted by Crippen LogP contribution is 2.07. The maximum atomic E-state index is 11.9. The van der Waals surface area contributed by atoms with Crippen molar-refractivity contribution in [3.63, 3.8) is 0 Å². The lowest BCUT2D eigenvalue weighted by Crippen LogP contribution is -2.42. The van der Waals surface area contributed by atoms with E-state index in [9.17, 15) is 14.4 Å². The van der Waals surface area contributed by atoms with Crippen LogP contribution in [0.3, 0.4) is 0 Å². The Morgan fingerprint density at radius 3 is 2.55 bits per heavy atom. The van der Waals surface area contributed by atoms with Gasteiger partial charge in [0, 0.05) is 12.7 Å². The van der Waals surface area contributed by atoms with Crippen molar-refractivity contribution in [2.45, 2.75) is 19.1 Å². The number of hydrogen-bond donors (Lipinski definition) is 3. The minimum absolute atomic E-state index is 0.246. The Bertz CT molecular complexity index is 513. The fraction of sp³-hybridized carbons (Fsp3) is 0.308. The zero-order valence-electron chi connectivity index (χ0n) is 10.8. The van der Waals surface area contributed by atoms with Crippen molar-refractivity contribution in [2.75, 3.05) is 7.11 Å². The van der Waals surface area contributed by atoms with E-state index in [0.717, 1.165) is 5.56 Å². The molecule has 7 heteroatoms. The highest BCUT2D eigenvalue weighted by atomic mass is 16.5. The van der Waals surface area contributed by atoms with Gasteiger partial charge in [0.25, 0.3) is 5.91 Å². The van der Waals surface area contributed by atoms with E-state index in [0.29, 0.717) is 6.61 Å². The quantitative estimate of drug-likeness (QED) is 0.670. The van der Waals surface area contributed by atoms with Crippen LogP contribution in [-0.4, -0.2) is 41.2 Å². The molecule has 0 aromatic heterocycles. The van der Waals surface area contributed by atoms with Crippen molar-refractivity contribution >= 4 is 17.8 Å². The molecular weight excluding hydrogens is 266 g/mol. The molecule has 0 fully saturated rings. The van der Waals surface area contributed by atoms with E-state index in [1.165, 1.54) is 13.2 Å². The first-order chi connectivity index (χ1) is 9.43. The summed E-state index contributed by atoms with van der Waals surface area (Å²) in [7, 11) is 1.51. The van der Waals surface area contributed by atoms with Gasteiger partial charge in [-0.15, -0.1) is 0 Å². The maximum absolute atomic E-state index is 11.9. The van der Waals surface area contributed by atoms with Gasteiger partial charge in [0.2, 0.25) is 0 Å². The number of hydrogen-bond acceptors (Lipinski definition) is 4. The molecule has 3 N–H and O–H groups in total. The monoisotopic (exact) mass is 281 g/mol. The molecule has 0 heterocycles. The molecule has 0 radical (unpaired) electrons. The molecule has 0 saturated heterocycles. The highest BCUT2D eigenvalue weighted by molar-refractivity contribution is 5.97. The second-order valence-electron chi connectivity index (χ2n) is 4.10.